The summed E-state index contributed by atoms with van der Waals surface area (Å²) in [6.45, 7) is 2.59. The quantitative estimate of drug-likeness (QED) is 0.287. The van der Waals surface area contributed by atoms with E-state index >= 15 is 0 Å². The van der Waals surface area contributed by atoms with E-state index < -0.39 is 5.91 Å². The van der Waals surface area contributed by atoms with E-state index in [1.165, 1.54) is 0 Å². The number of hydrogen-bond donors (Lipinski definition) is 2. The predicted octanol–water partition coefficient (Wildman–Crippen LogP) is 5.80. The first-order valence-electron chi connectivity index (χ1n) is 12.1. The molecule has 2 N–H and O–H groups in total. The Morgan fingerprint density at radius 3 is 2.24 bits per heavy atom. The van der Waals surface area contributed by atoms with Gasteiger partial charge in [0.1, 0.15) is 5.76 Å². The number of thiocarbonyl (C=S) groups is 1. The summed E-state index contributed by atoms with van der Waals surface area (Å²) in [6, 6.07) is 28.1. The molecule has 0 unspecified atom stereocenters. The molecule has 1 fully saturated rings. The highest BCUT2D eigenvalue weighted by Crippen LogP contribution is 2.27. The van der Waals surface area contributed by atoms with Crippen LogP contribution in [0.3, 0.4) is 0 Å². The fraction of sp³-hybridized carbons (Fsp3) is 0.138. The molecule has 5 rings (SSSR count). The van der Waals surface area contributed by atoms with E-state index in [1.54, 1.807) is 12.1 Å². The second-order valence-corrected chi connectivity index (χ2v) is 10.1. The lowest BCUT2D eigenvalue weighted by Crippen LogP contribution is -2.49. The van der Waals surface area contributed by atoms with Gasteiger partial charge in [-0.1, -0.05) is 58.4 Å². The summed E-state index contributed by atoms with van der Waals surface area (Å²) in [7, 11) is 0. The van der Waals surface area contributed by atoms with Crippen molar-refractivity contribution >= 4 is 56.4 Å². The molecule has 192 valence electrons. The molecule has 2 amide bonds. The van der Waals surface area contributed by atoms with Crippen LogP contribution in [0.25, 0.3) is 11.3 Å². The van der Waals surface area contributed by atoms with Gasteiger partial charge in [0.15, 0.2) is 10.9 Å². The van der Waals surface area contributed by atoms with Crippen molar-refractivity contribution in [2.24, 2.45) is 0 Å². The molecule has 7 nitrogen and oxygen atoms in total. The number of hydrogen-bond acceptors (Lipinski definition) is 5. The van der Waals surface area contributed by atoms with Gasteiger partial charge < -0.3 is 19.5 Å². The topological polar surface area (TPSA) is 77.8 Å². The Bertz CT molecular complexity index is 1450. The first-order valence-corrected chi connectivity index (χ1v) is 13.3. The molecule has 1 aliphatic heterocycles. The Labute approximate surface area is 234 Å². The van der Waals surface area contributed by atoms with Gasteiger partial charge in [-0.15, -0.1) is 0 Å². The van der Waals surface area contributed by atoms with Gasteiger partial charge in [-0.3, -0.25) is 14.9 Å². The molecule has 1 aliphatic rings. The number of carbonyl (C=O) groups excluding carboxylic acids is 2. The molecule has 0 spiro atoms. The Morgan fingerprint density at radius 1 is 0.816 bits per heavy atom. The maximum atomic E-state index is 12.8. The van der Waals surface area contributed by atoms with Gasteiger partial charge in [0, 0.05) is 41.8 Å². The number of carbonyl (C=O) groups is 2. The Balaban J connectivity index is 1.19. The third-order valence-corrected chi connectivity index (χ3v) is 7.00. The lowest BCUT2D eigenvalue weighted by atomic mass is 10.1. The molecule has 1 saturated heterocycles. The Hall–Kier alpha value is -3.95. The lowest BCUT2D eigenvalue weighted by molar-refractivity contribution is 0.0746. The van der Waals surface area contributed by atoms with Crippen LogP contribution in [0.2, 0.25) is 0 Å². The summed E-state index contributed by atoms with van der Waals surface area (Å²) in [5, 5.41) is 6.01. The van der Waals surface area contributed by atoms with Crippen molar-refractivity contribution in [1.82, 2.24) is 10.2 Å². The molecule has 4 aromatic rings. The molecule has 0 aliphatic carbocycles. The number of nitrogens with zero attached hydrogens (tertiary/aromatic N) is 2. The zero-order valence-corrected chi connectivity index (χ0v) is 22.8. The van der Waals surface area contributed by atoms with E-state index in [2.05, 4.69) is 31.5 Å². The van der Waals surface area contributed by atoms with E-state index in [0.717, 1.165) is 21.4 Å². The normalized spacial score (nSPS) is 13.2. The fourth-order valence-corrected chi connectivity index (χ4v) is 4.78. The van der Waals surface area contributed by atoms with Gasteiger partial charge in [0.05, 0.1) is 11.4 Å². The molecular weight excluding hydrogens is 564 g/mol. The van der Waals surface area contributed by atoms with Gasteiger partial charge >= 0.3 is 0 Å². The predicted molar refractivity (Wildman–Crippen MR) is 157 cm³/mol. The van der Waals surface area contributed by atoms with Crippen molar-refractivity contribution in [1.29, 1.82) is 0 Å². The van der Waals surface area contributed by atoms with Crippen molar-refractivity contribution in [2.45, 2.75) is 0 Å². The average molecular weight is 590 g/mol. The summed E-state index contributed by atoms with van der Waals surface area (Å²) < 4.78 is 6.71. The Kier molecular flexibility index (Phi) is 7.86. The van der Waals surface area contributed by atoms with E-state index in [0.29, 0.717) is 37.5 Å². The summed E-state index contributed by atoms with van der Waals surface area (Å²) >= 11 is 8.85. The van der Waals surface area contributed by atoms with Gasteiger partial charge in [0.2, 0.25) is 0 Å². The maximum absolute atomic E-state index is 12.8. The monoisotopic (exact) mass is 588 g/mol. The summed E-state index contributed by atoms with van der Waals surface area (Å²) in [5.74, 6) is 0.370. The van der Waals surface area contributed by atoms with Crippen LogP contribution >= 0.6 is 28.1 Å². The highest BCUT2D eigenvalue weighted by molar-refractivity contribution is 9.10. The number of furan rings is 1. The standard InChI is InChI=1S/C29H25BrN4O3S/c30-22-12-10-20(11-13-22)25-14-15-26(37-25)27(35)32-29(38)31-23-8-4-5-9-24(23)33-16-18-34(19-17-33)28(36)21-6-2-1-3-7-21/h1-15H,16-19H2,(H2,31,32,35,38). The largest absolute Gasteiger partial charge is 0.451 e. The smallest absolute Gasteiger partial charge is 0.293 e. The number of amides is 2. The van der Waals surface area contributed by atoms with E-state index in [9.17, 15) is 9.59 Å². The van der Waals surface area contributed by atoms with Crippen LogP contribution in [0.15, 0.2) is 99.9 Å². The molecule has 3 aromatic carbocycles. The van der Waals surface area contributed by atoms with Crippen molar-refractivity contribution in [3.05, 3.63) is 107 Å². The van der Waals surface area contributed by atoms with E-state index in [4.69, 9.17) is 16.6 Å². The fourth-order valence-electron chi connectivity index (χ4n) is 4.32. The maximum Gasteiger partial charge on any atom is 0.293 e. The molecule has 0 atom stereocenters. The second kappa shape index (κ2) is 11.6. The minimum Gasteiger partial charge on any atom is -0.451 e. The number of nitrogens with one attached hydrogen (secondary N) is 2. The van der Waals surface area contributed by atoms with Gasteiger partial charge in [-0.05, 0) is 60.7 Å². The zero-order chi connectivity index (χ0) is 26.5. The third kappa shape index (κ3) is 5.95. The van der Waals surface area contributed by atoms with Crippen LogP contribution in [0.5, 0.6) is 0 Å². The third-order valence-electron chi connectivity index (χ3n) is 6.27. The summed E-state index contributed by atoms with van der Waals surface area (Å²) in [5.41, 5.74) is 3.29. The molecule has 0 bridgehead atoms. The average Bonchev–Trinajstić information content (AvgIpc) is 3.45. The molecule has 0 radical (unpaired) electrons. The number of rotatable bonds is 5. The molecule has 2 heterocycles. The van der Waals surface area contributed by atoms with Crippen LogP contribution in [-0.2, 0) is 0 Å². The second-order valence-electron chi connectivity index (χ2n) is 8.74. The Morgan fingerprint density at radius 2 is 1.50 bits per heavy atom. The molecule has 9 heteroatoms. The van der Waals surface area contributed by atoms with Crippen molar-refractivity contribution in [3.8, 4) is 11.3 Å². The highest BCUT2D eigenvalue weighted by Gasteiger charge is 2.24. The van der Waals surface area contributed by atoms with Gasteiger partial charge in [-0.25, -0.2) is 0 Å². The molecular formula is C29H25BrN4O3S. The van der Waals surface area contributed by atoms with E-state index in [1.807, 2.05) is 83.8 Å². The van der Waals surface area contributed by atoms with Crippen molar-refractivity contribution < 1.29 is 14.0 Å². The first-order chi connectivity index (χ1) is 18.5. The van der Waals surface area contributed by atoms with Crippen LogP contribution in [0.4, 0.5) is 11.4 Å². The minimum atomic E-state index is -0.434. The van der Waals surface area contributed by atoms with Crippen LogP contribution in [0.1, 0.15) is 20.9 Å². The molecule has 0 saturated carbocycles. The van der Waals surface area contributed by atoms with Crippen molar-refractivity contribution in [3.63, 3.8) is 0 Å². The van der Waals surface area contributed by atoms with Gasteiger partial charge in [0.25, 0.3) is 11.8 Å². The summed E-state index contributed by atoms with van der Waals surface area (Å²) in [6.07, 6.45) is 0. The number of para-hydroxylation sites is 2. The minimum absolute atomic E-state index is 0.0433. The number of benzene rings is 3. The molecule has 1 aromatic heterocycles. The zero-order valence-electron chi connectivity index (χ0n) is 20.4. The van der Waals surface area contributed by atoms with Crippen LogP contribution in [0, 0.1) is 0 Å². The highest BCUT2D eigenvalue weighted by atomic mass is 79.9. The number of halogens is 1. The van der Waals surface area contributed by atoms with Gasteiger partial charge in [-0.2, -0.15) is 0 Å². The lowest BCUT2D eigenvalue weighted by Gasteiger charge is -2.37. The van der Waals surface area contributed by atoms with Crippen molar-refractivity contribution in [2.75, 3.05) is 36.4 Å². The first kappa shape index (κ1) is 25.7. The van der Waals surface area contributed by atoms with Crippen LogP contribution in [-0.4, -0.2) is 48.0 Å². The van der Waals surface area contributed by atoms with E-state index in [-0.39, 0.29) is 16.8 Å². The number of piperazine rings is 1. The molecule has 38 heavy (non-hydrogen) atoms. The van der Waals surface area contributed by atoms with Crippen LogP contribution < -0.4 is 15.5 Å². The number of anilines is 2. The SMILES string of the molecule is O=C(NC(=S)Nc1ccccc1N1CCN(C(=O)c2ccccc2)CC1)c1ccc(-c2ccc(Br)cc2)o1. The summed E-state index contributed by atoms with van der Waals surface area (Å²) in [4.78, 5) is 29.6.